The molecule has 176 valence electrons. The van der Waals surface area contributed by atoms with E-state index in [4.69, 9.17) is 21.7 Å². The van der Waals surface area contributed by atoms with E-state index in [2.05, 4.69) is 23.3 Å². The Balaban J connectivity index is 5.43. The zero-order valence-electron chi connectivity index (χ0n) is 16.6. The number of nitrogens with one attached hydrogen (secondary N) is 3. The van der Waals surface area contributed by atoms with Crippen LogP contribution in [-0.2, 0) is 28.8 Å². The number of aliphatic carboxylic acids is 2. The fraction of sp³-hybridized carbons (Fsp3) is 0.625. The number of hydrogen-bond acceptors (Lipinski definition) is 9. The predicted octanol–water partition coefficient (Wildman–Crippen LogP) is -4.10. The van der Waals surface area contributed by atoms with Gasteiger partial charge >= 0.3 is 11.9 Å². The van der Waals surface area contributed by atoms with E-state index in [1.165, 1.54) is 0 Å². The van der Waals surface area contributed by atoms with Crippen LogP contribution in [0, 0.1) is 0 Å². The lowest BCUT2D eigenvalue weighted by Crippen LogP contribution is -2.60. The maximum absolute atomic E-state index is 12.5. The number of carboxylic acid groups (broad SMARTS) is 2. The highest BCUT2D eigenvalue weighted by atomic mass is 32.1. The highest BCUT2D eigenvalue weighted by Gasteiger charge is 2.33. The van der Waals surface area contributed by atoms with Crippen LogP contribution in [-0.4, -0.2) is 86.9 Å². The van der Waals surface area contributed by atoms with Crippen molar-refractivity contribution >= 4 is 48.2 Å². The zero-order valence-corrected chi connectivity index (χ0v) is 17.5. The molecule has 0 bridgehead atoms. The maximum Gasteiger partial charge on any atom is 0.326 e. The highest BCUT2D eigenvalue weighted by Crippen LogP contribution is 2.03. The van der Waals surface area contributed by atoms with E-state index < -0.39 is 72.3 Å². The summed E-state index contributed by atoms with van der Waals surface area (Å²) in [7, 11) is 0. The number of amides is 4. The van der Waals surface area contributed by atoms with Crippen LogP contribution in [0.15, 0.2) is 0 Å². The SMILES string of the molecule is CC(O)C(NC(=O)C(N)CS)C(=O)NC(CC(=O)O)C(=O)NC(CCC(N)=O)C(=O)O. The second-order valence-corrected chi connectivity index (χ2v) is 6.94. The first-order valence-electron chi connectivity index (χ1n) is 8.98. The minimum atomic E-state index is -1.75. The Kier molecular flexibility index (Phi) is 12.1. The standard InChI is InChI=1S/C16H27N5O9S/c1-6(22)12(21-13(26)7(17)5-31)15(28)20-9(4-11(24)25)14(27)19-8(16(29)30)2-3-10(18)23/h6-9,12,22,31H,2-5,17H2,1H3,(H2,18,23)(H,19,27)(H,20,28)(H,21,26)(H,24,25)(H,29,30). The summed E-state index contributed by atoms with van der Waals surface area (Å²) in [5, 5.41) is 34.2. The van der Waals surface area contributed by atoms with Crippen molar-refractivity contribution in [2.24, 2.45) is 11.5 Å². The van der Waals surface area contributed by atoms with Crippen molar-refractivity contribution in [2.45, 2.75) is 56.5 Å². The Labute approximate surface area is 182 Å². The van der Waals surface area contributed by atoms with Gasteiger partial charge in [0, 0.05) is 12.2 Å². The van der Waals surface area contributed by atoms with E-state index in [1.807, 2.05) is 5.32 Å². The monoisotopic (exact) mass is 465 g/mol. The fourth-order valence-electron chi connectivity index (χ4n) is 2.21. The average Bonchev–Trinajstić information content (AvgIpc) is 2.66. The van der Waals surface area contributed by atoms with Crippen molar-refractivity contribution in [3.05, 3.63) is 0 Å². The van der Waals surface area contributed by atoms with E-state index in [-0.39, 0.29) is 18.6 Å². The summed E-state index contributed by atoms with van der Waals surface area (Å²) in [5.74, 6) is -7.00. The third-order valence-electron chi connectivity index (χ3n) is 3.90. The Morgan fingerprint density at radius 2 is 1.48 bits per heavy atom. The third kappa shape index (κ3) is 10.6. The molecule has 0 heterocycles. The van der Waals surface area contributed by atoms with E-state index in [0.29, 0.717) is 0 Å². The van der Waals surface area contributed by atoms with Crippen LogP contribution in [0.4, 0.5) is 0 Å². The van der Waals surface area contributed by atoms with Gasteiger partial charge in [-0.1, -0.05) is 0 Å². The van der Waals surface area contributed by atoms with Gasteiger partial charge in [-0.25, -0.2) is 4.79 Å². The quantitative estimate of drug-likeness (QED) is 0.112. The minimum absolute atomic E-state index is 0.0636. The first-order valence-corrected chi connectivity index (χ1v) is 9.61. The smallest absolute Gasteiger partial charge is 0.326 e. The van der Waals surface area contributed by atoms with Crippen LogP contribution in [0.2, 0.25) is 0 Å². The van der Waals surface area contributed by atoms with Crippen LogP contribution in [0.25, 0.3) is 0 Å². The number of aliphatic hydroxyl groups is 1. The van der Waals surface area contributed by atoms with Gasteiger partial charge in [-0.05, 0) is 13.3 Å². The molecule has 31 heavy (non-hydrogen) atoms. The average molecular weight is 465 g/mol. The van der Waals surface area contributed by atoms with E-state index >= 15 is 0 Å². The molecule has 10 N–H and O–H groups in total. The third-order valence-corrected chi connectivity index (χ3v) is 4.30. The van der Waals surface area contributed by atoms with Crippen molar-refractivity contribution in [2.75, 3.05) is 5.75 Å². The summed E-state index contributed by atoms with van der Waals surface area (Å²) < 4.78 is 0. The summed E-state index contributed by atoms with van der Waals surface area (Å²) in [6, 6.07) is -6.02. The van der Waals surface area contributed by atoms with Gasteiger partial charge in [-0.2, -0.15) is 12.6 Å². The Hall–Kier alpha value is -2.91. The molecule has 0 aromatic heterocycles. The van der Waals surface area contributed by atoms with Gasteiger partial charge in [0.1, 0.15) is 18.1 Å². The van der Waals surface area contributed by atoms with Crippen molar-refractivity contribution in [1.82, 2.24) is 16.0 Å². The molecule has 14 nitrogen and oxygen atoms in total. The van der Waals surface area contributed by atoms with Crippen LogP contribution in [0.5, 0.6) is 0 Å². The summed E-state index contributed by atoms with van der Waals surface area (Å²) in [6.45, 7) is 1.16. The van der Waals surface area contributed by atoms with E-state index in [1.54, 1.807) is 0 Å². The van der Waals surface area contributed by atoms with Crippen LogP contribution in [0.1, 0.15) is 26.2 Å². The van der Waals surface area contributed by atoms with Crippen LogP contribution >= 0.6 is 12.6 Å². The Morgan fingerprint density at radius 3 is 1.90 bits per heavy atom. The molecular weight excluding hydrogens is 438 g/mol. The molecule has 4 amide bonds. The highest BCUT2D eigenvalue weighted by molar-refractivity contribution is 7.80. The molecule has 5 unspecified atom stereocenters. The normalized spacial score (nSPS) is 15.5. The molecule has 0 saturated heterocycles. The van der Waals surface area contributed by atoms with Crippen molar-refractivity contribution < 1.29 is 44.1 Å². The number of thiol groups is 1. The molecule has 0 aliphatic rings. The number of hydrogen-bond donors (Lipinski definition) is 9. The zero-order chi connectivity index (χ0) is 24.3. The number of rotatable bonds is 14. The fourth-order valence-corrected chi connectivity index (χ4v) is 2.38. The summed E-state index contributed by atoms with van der Waals surface area (Å²) in [6.07, 6.45) is -3.12. The number of nitrogens with two attached hydrogens (primary N) is 2. The molecule has 0 fully saturated rings. The second-order valence-electron chi connectivity index (χ2n) is 6.58. The molecule has 15 heteroatoms. The van der Waals surface area contributed by atoms with Gasteiger partial charge in [-0.15, -0.1) is 0 Å². The van der Waals surface area contributed by atoms with Crippen LogP contribution in [0.3, 0.4) is 0 Å². The summed E-state index contributed by atoms with van der Waals surface area (Å²) in [5.41, 5.74) is 10.4. The van der Waals surface area contributed by atoms with Gasteiger partial charge in [-0.3, -0.25) is 24.0 Å². The molecule has 0 aromatic rings. The molecule has 0 aromatic carbocycles. The van der Waals surface area contributed by atoms with Gasteiger partial charge < -0.3 is 42.7 Å². The van der Waals surface area contributed by atoms with Gasteiger partial charge in [0.15, 0.2) is 0 Å². The number of carbonyl (C=O) groups excluding carboxylic acids is 4. The van der Waals surface area contributed by atoms with Crippen molar-refractivity contribution in [1.29, 1.82) is 0 Å². The molecule has 0 aliphatic carbocycles. The van der Waals surface area contributed by atoms with Crippen molar-refractivity contribution in [3.63, 3.8) is 0 Å². The van der Waals surface area contributed by atoms with E-state index in [0.717, 1.165) is 6.92 Å². The molecule has 0 radical (unpaired) electrons. The van der Waals surface area contributed by atoms with Gasteiger partial charge in [0.2, 0.25) is 23.6 Å². The number of aliphatic hydroxyl groups excluding tert-OH is 1. The van der Waals surface area contributed by atoms with Crippen LogP contribution < -0.4 is 27.4 Å². The molecule has 0 aliphatic heterocycles. The number of primary amides is 1. The van der Waals surface area contributed by atoms with Gasteiger partial charge in [0.25, 0.3) is 0 Å². The minimum Gasteiger partial charge on any atom is -0.481 e. The predicted molar refractivity (Wildman–Crippen MR) is 108 cm³/mol. The molecule has 0 saturated carbocycles. The molecule has 5 atom stereocenters. The summed E-state index contributed by atoms with van der Waals surface area (Å²) in [4.78, 5) is 69.9. The molecule has 0 rings (SSSR count). The van der Waals surface area contributed by atoms with E-state index in [9.17, 15) is 33.9 Å². The van der Waals surface area contributed by atoms with Crippen molar-refractivity contribution in [3.8, 4) is 0 Å². The second kappa shape index (κ2) is 13.4. The van der Waals surface area contributed by atoms with Gasteiger partial charge in [0.05, 0.1) is 18.6 Å². The lowest BCUT2D eigenvalue weighted by Gasteiger charge is -2.25. The first-order chi connectivity index (χ1) is 14.3. The largest absolute Gasteiger partial charge is 0.481 e. The number of carboxylic acids is 2. The lowest BCUT2D eigenvalue weighted by molar-refractivity contribution is -0.144. The Bertz CT molecular complexity index is 703. The molecule has 0 spiro atoms. The first kappa shape index (κ1) is 28.1. The maximum atomic E-state index is 12.5. The topological polar surface area (TPSA) is 251 Å². The lowest BCUT2D eigenvalue weighted by atomic mass is 10.1. The molecular formula is C16H27N5O9S. The summed E-state index contributed by atoms with van der Waals surface area (Å²) >= 11 is 3.83. The Morgan fingerprint density at radius 1 is 0.935 bits per heavy atom. The number of carbonyl (C=O) groups is 6.